The Morgan fingerprint density at radius 1 is 0.727 bits per heavy atom. The van der Waals surface area contributed by atoms with Gasteiger partial charge in [-0.25, -0.2) is 0 Å². The molecule has 1 saturated heterocycles. The minimum absolute atomic E-state index is 0.0425. The molecule has 5 nitrogen and oxygen atoms in total. The predicted molar refractivity (Wildman–Crippen MR) is 127 cm³/mol. The average molecular weight is 446 g/mol. The summed E-state index contributed by atoms with van der Waals surface area (Å²) < 4.78 is 18.7. The average Bonchev–Trinajstić information content (AvgIpc) is 2.86. The third-order valence-electron chi connectivity index (χ3n) is 6.00. The molecular weight excluding hydrogens is 414 g/mol. The number of hydrogen-bond acceptors (Lipinski definition) is 4. The molecule has 3 atom stereocenters. The minimum Gasteiger partial charge on any atom is -0.375 e. The summed E-state index contributed by atoms with van der Waals surface area (Å²) >= 11 is 0. The first-order valence-corrected chi connectivity index (χ1v) is 11.4. The van der Waals surface area contributed by atoms with Crippen LogP contribution in [0.3, 0.4) is 0 Å². The van der Waals surface area contributed by atoms with E-state index in [0.717, 1.165) is 16.7 Å². The van der Waals surface area contributed by atoms with Crippen LogP contribution in [0, 0.1) is 0 Å². The zero-order chi connectivity index (χ0) is 22.9. The molecule has 0 aromatic heterocycles. The highest BCUT2D eigenvalue weighted by Crippen LogP contribution is 2.26. The summed E-state index contributed by atoms with van der Waals surface area (Å²) in [6, 6.07) is 29.9. The van der Waals surface area contributed by atoms with Gasteiger partial charge in [-0.3, -0.25) is 4.79 Å². The van der Waals surface area contributed by atoms with Crippen molar-refractivity contribution in [3.05, 3.63) is 108 Å². The van der Waals surface area contributed by atoms with Crippen LogP contribution in [0.15, 0.2) is 91.0 Å². The van der Waals surface area contributed by atoms with Crippen LogP contribution in [0.2, 0.25) is 0 Å². The number of likely N-dealkylation sites (N-methyl/N-ethyl adjacent to an activating group) is 1. The zero-order valence-corrected chi connectivity index (χ0v) is 19.0. The summed E-state index contributed by atoms with van der Waals surface area (Å²) in [6.45, 7) is 1.75. The van der Waals surface area contributed by atoms with Gasteiger partial charge < -0.3 is 19.1 Å². The fraction of sp³-hybridized carbons (Fsp3) is 0.321. The molecule has 1 aliphatic rings. The van der Waals surface area contributed by atoms with Gasteiger partial charge >= 0.3 is 0 Å². The number of likely N-dealkylation sites (tertiary alicyclic amines) is 1. The molecule has 4 rings (SSSR count). The molecule has 1 amide bonds. The molecule has 0 unspecified atom stereocenters. The second-order valence-corrected chi connectivity index (χ2v) is 8.37. The maximum atomic E-state index is 12.8. The van der Waals surface area contributed by atoms with Gasteiger partial charge in [0.1, 0.15) is 6.10 Å². The lowest BCUT2D eigenvalue weighted by atomic mass is 9.95. The lowest BCUT2D eigenvalue weighted by Gasteiger charge is -2.43. The Kier molecular flexibility index (Phi) is 8.25. The Morgan fingerprint density at radius 2 is 1.21 bits per heavy atom. The number of carbonyl (C=O) groups is 1. The van der Waals surface area contributed by atoms with Gasteiger partial charge in [-0.2, -0.15) is 0 Å². The second-order valence-electron chi connectivity index (χ2n) is 8.37. The van der Waals surface area contributed by atoms with E-state index in [1.807, 2.05) is 98.0 Å². The van der Waals surface area contributed by atoms with E-state index >= 15 is 0 Å². The molecule has 0 N–H and O–H groups in total. The van der Waals surface area contributed by atoms with Crippen molar-refractivity contribution < 1.29 is 19.0 Å². The van der Waals surface area contributed by atoms with E-state index in [1.165, 1.54) is 0 Å². The fourth-order valence-electron chi connectivity index (χ4n) is 4.08. The van der Waals surface area contributed by atoms with E-state index in [2.05, 4.69) is 0 Å². The summed E-state index contributed by atoms with van der Waals surface area (Å²) in [7, 11) is 1.82. The minimum atomic E-state index is -0.344. The van der Waals surface area contributed by atoms with E-state index in [1.54, 1.807) is 4.90 Å². The van der Waals surface area contributed by atoms with Crippen LogP contribution < -0.4 is 0 Å². The van der Waals surface area contributed by atoms with Crippen LogP contribution in [-0.2, 0) is 38.8 Å². The molecule has 3 aromatic carbocycles. The van der Waals surface area contributed by atoms with Gasteiger partial charge in [0.05, 0.1) is 45.0 Å². The standard InChI is InChI=1S/C28H31NO4/c1-29-25(21-31-18-22-11-5-2-6-12-22)28(33-20-24-15-9-4-10-16-24)26(17-27(29)30)32-19-23-13-7-3-8-14-23/h2-16,25-26,28H,17-21H2,1H3/t25-,26-,28-/m1/s1. The number of hydrogen-bond donors (Lipinski definition) is 0. The predicted octanol–water partition coefficient (Wildman–Crippen LogP) is 4.60. The van der Waals surface area contributed by atoms with Crippen LogP contribution in [0.1, 0.15) is 23.1 Å². The molecule has 5 heteroatoms. The van der Waals surface area contributed by atoms with E-state index in [-0.39, 0.29) is 30.6 Å². The van der Waals surface area contributed by atoms with E-state index in [0.29, 0.717) is 26.4 Å². The third-order valence-corrected chi connectivity index (χ3v) is 6.00. The highest BCUT2D eigenvalue weighted by atomic mass is 16.5. The SMILES string of the molecule is CN1C(=O)C[C@@H](OCc2ccccc2)[C@H](OCc2ccccc2)[C@H]1COCc1ccccc1. The van der Waals surface area contributed by atoms with Crippen molar-refractivity contribution in [1.29, 1.82) is 0 Å². The Balaban J connectivity index is 1.47. The molecule has 0 aliphatic carbocycles. The Hall–Kier alpha value is -2.99. The molecule has 0 radical (unpaired) electrons. The zero-order valence-electron chi connectivity index (χ0n) is 19.0. The molecule has 3 aromatic rings. The van der Waals surface area contributed by atoms with E-state index < -0.39 is 0 Å². The van der Waals surface area contributed by atoms with Gasteiger partial charge in [0.15, 0.2) is 0 Å². The van der Waals surface area contributed by atoms with Crippen LogP contribution in [-0.4, -0.2) is 42.7 Å². The molecule has 0 bridgehead atoms. The van der Waals surface area contributed by atoms with Crippen molar-refractivity contribution in [2.45, 2.75) is 44.5 Å². The number of piperidine rings is 1. The molecular formula is C28H31NO4. The second kappa shape index (κ2) is 11.8. The quantitative estimate of drug-likeness (QED) is 0.457. The first-order chi connectivity index (χ1) is 16.2. The van der Waals surface area contributed by atoms with Crippen molar-refractivity contribution >= 4 is 5.91 Å². The Morgan fingerprint density at radius 3 is 1.76 bits per heavy atom. The first kappa shape index (κ1) is 23.2. The van der Waals surface area contributed by atoms with Crippen molar-refractivity contribution in [2.24, 2.45) is 0 Å². The number of rotatable bonds is 10. The van der Waals surface area contributed by atoms with Crippen molar-refractivity contribution in [3.63, 3.8) is 0 Å². The number of benzene rings is 3. The summed E-state index contributed by atoms with van der Waals surface area (Å²) in [5.41, 5.74) is 3.26. The topological polar surface area (TPSA) is 48.0 Å². The summed E-state index contributed by atoms with van der Waals surface area (Å²) in [4.78, 5) is 14.6. The van der Waals surface area contributed by atoms with Crippen LogP contribution >= 0.6 is 0 Å². The maximum absolute atomic E-state index is 12.8. The van der Waals surface area contributed by atoms with Crippen molar-refractivity contribution in [1.82, 2.24) is 4.90 Å². The van der Waals surface area contributed by atoms with Gasteiger partial charge in [0, 0.05) is 7.05 Å². The highest BCUT2D eigenvalue weighted by molar-refractivity contribution is 5.78. The monoisotopic (exact) mass is 445 g/mol. The number of amides is 1. The van der Waals surface area contributed by atoms with Gasteiger partial charge in [0.25, 0.3) is 0 Å². The smallest absolute Gasteiger partial charge is 0.225 e. The number of nitrogens with zero attached hydrogens (tertiary/aromatic N) is 1. The van der Waals surface area contributed by atoms with Crippen LogP contribution in [0.5, 0.6) is 0 Å². The van der Waals surface area contributed by atoms with Crippen LogP contribution in [0.25, 0.3) is 0 Å². The summed E-state index contributed by atoms with van der Waals surface area (Å²) in [5.74, 6) is 0.0425. The fourth-order valence-corrected chi connectivity index (χ4v) is 4.08. The Labute approximate surface area is 195 Å². The van der Waals surface area contributed by atoms with Crippen molar-refractivity contribution in [3.8, 4) is 0 Å². The highest BCUT2D eigenvalue weighted by Gasteiger charge is 2.42. The maximum Gasteiger partial charge on any atom is 0.225 e. The van der Waals surface area contributed by atoms with E-state index in [9.17, 15) is 4.79 Å². The first-order valence-electron chi connectivity index (χ1n) is 11.4. The molecule has 0 spiro atoms. The van der Waals surface area contributed by atoms with Gasteiger partial charge in [-0.05, 0) is 16.7 Å². The lowest BCUT2D eigenvalue weighted by molar-refractivity contribution is -0.174. The van der Waals surface area contributed by atoms with Gasteiger partial charge in [-0.1, -0.05) is 91.0 Å². The van der Waals surface area contributed by atoms with Crippen LogP contribution in [0.4, 0.5) is 0 Å². The van der Waals surface area contributed by atoms with Gasteiger partial charge in [-0.15, -0.1) is 0 Å². The molecule has 33 heavy (non-hydrogen) atoms. The summed E-state index contributed by atoms with van der Waals surface area (Å²) in [6.07, 6.45) is -0.354. The lowest BCUT2D eigenvalue weighted by Crippen LogP contribution is -2.59. The van der Waals surface area contributed by atoms with E-state index in [4.69, 9.17) is 14.2 Å². The third kappa shape index (κ3) is 6.51. The Bertz CT molecular complexity index is 981. The largest absolute Gasteiger partial charge is 0.375 e. The normalized spacial score (nSPS) is 20.7. The molecule has 172 valence electrons. The molecule has 1 fully saturated rings. The molecule has 0 saturated carbocycles. The number of ether oxygens (including phenoxy) is 3. The summed E-state index contributed by atoms with van der Waals surface area (Å²) in [5, 5.41) is 0. The molecule has 1 heterocycles. The van der Waals surface area contributed by atoms with Gasteiger partial charge in [0.2, 0.25) is 5.91 Å². The molecule has 1 aliphatic heterocycles. The van der Waals surface area contributed by atoms with Crippen molar-refractivity contribution in [2.75, 3.05) is 13.7 Å². The number of carbonyl (C=O) groups excluding carboxylic acids is 1.